The fraction of sp³-hybridized carbons (Fsp3) is 0.368. The lowest BCUT2D eigenvalue weighted by molar-refractivity contribution is 0.0668. The van der Waals surface area contributed by atoms with Crippen molar-refractivity contribution in [1.82, 2.24) is 19.8 Å². The molecule has 0 aliphatic carbocycles. The van der Waals surface area contributed by atoms with Crippen molar-refractivity contribution in [2.45, 2.75) is 19.5 Å². The third-order valence-electron chi connectivity index (χ3n) is 4.52. The highest BCUT2D eigenvalue weighted by Gasteiger charge is 2.18. The fourth-order valence-electron chi connectivity index (χ4n) is 3.10. The molecule has 0 spiro atoms. The van der Waals surface area contributed by atoms with E-state index in [1.165, 1.54) is 18.0 Å². The van der Waals surface area contributed by atoms with Crippen molar-refractivity contribution in [3.8, 4) is 5.75 Å². The second-order valence-electron chi connectivity index (χ2n) is 6.09. The predicted octanol–water partition coefficient (Wildman–Crippen LogP) is 3.15. The van der Waals surface area contributed by atoms with Crippen LogP contribution in [0.2, 0.25) is 0 Å². The highest BCUT2D eigenvalue weighted by atomic mass is 19.3. The van der Waals surface area contributed by atoms with Crippen molar-refractivity contribution in [3.05, 3.63) is 54.1 Å². The van der Waals surface area contributed by atoms with Crippen LogP contribution in [0.1, 0.15) is 24.4 Å². The number of nitrogens with one attached hydrogen (secondary N) is 1. The first-order chi connectivity index (χ1) is 13.1. The van der Waals surface area contributed by atoms with Gasteiger partial charge in [-0.05, 0) is 29.7 Å². The van der Waals surface area contributed by atoms with Gasteiger partial charge in [-0.3, -0.25) is 9.56 Å². The molecule has 0 unspecified atom stereocenters. The molecule has 0 radical (unpaired) electrons. The number of guanidine groups is 1. The van der Waals surface area contributed by atoms with Crippen LogP contribution < -0.4 is 10.1 Å². The molecule has 6 nitrogen and oxygen atoms in total. The summed E-state index contributed by atoms with van der Waals surface area (Å²) in [5.41, 5.74) is 2.41. The molecule has 0 atom stereocenters. The van der Waals surface area contributed by atoms with Crippen molar-refractivity contribution in [3.63, 3.8) is 0 Å². The molecule has 0 fully saturated rings. The number of halogens is 2. The molecule has 1 aromatic heterocycles. The molecule has 2 aromatic rings. The lowest BCUT2D eigenvalue weighted by Crippen LogP contribution is -2.43. The van der Waals surface area contributed by atoms with Crippen molar-refractivity contribution in [1.29, 1.82) is 0 Å². The number of alkyl halides is 2. The minimum atomic E-state index is -2.60. The molecule has 0 bridgehead atoms. The van der Waals surface area contributed by atoms with Gasteiger partial charge in [0.05, 0.1) is 13.7 Å². The van der Waals surface area contributed by atoms with Gasteiger partial charge in [0.1, 0.15) is 11.6 Å². The summed E-state index contributed by atoms with van der Waals surface area (Å²) in [5.74, 6) is 1.78. The Morgan fingerprint density at radius 2 is 2.26 bits per heavy atom. The van der Waals surface area contributed by atoms with Gasteiger partial charge in [0.2, 0.25) is 0 Å². The van der Waals surface area contributed by atoms with Crippen molar-refractivity contribution in [2.24, 2.45) is 4.99 Å². The lowest BCUT2D eigenvalue weighted by atomic mass is 9.99. The Morgan fingerprint density at radius 3 is 2.93 bits per heavy atom. The van der Waals surface area contributed by atoms with Crippen LogP contribution >= 0.6 is 0 Å². The summed E-state index contributed by atoms with van der Waals surface area (Å²) in [6.07, 6.45) is 5.66. The minimum absolute atomic E-state index is 0.187. The molecule has 0 saturated heterocycles. The normalized spacial score (nSPS) is 15.1. The van der Waals surface area contributed by atoms with Gasteiger partial charge >= 0.3 is 6.55 Å². The van der Waals surface area contributed by atoms with Crippen LogP contribution in [-0.2, 0) is 6.54 Å². The average molecular weight is 375 g/mol. The molecule has 1 N–H and O–H groups in total. The van der Waals surface area contributed by atoms with Gasteiger partial charge in [-0.25, -0.2) is 4.98 Å². The third-order valence-corrected chi connectivity index (χ3v) is 4.52. The molecular formula is C19H23F2N5O. The second-order valence-corrected chi connectivity index (χ2v) is 6.09. The Morgan fingerprint density at radius 1 is 1.41 bits per heavy atom. The summed E-state index contributed by atoms with van der Waals surface area (Å²) in [7, 11) is 3.34. The van der Waals surface area contributed by atoms with E-state index in [9.17, 15) is 8.78 Å². The van der Waals surface area contributed by atoms with Gasteiger partial charge in [0.15, 0.2) is 5.96 Å². The van der Waals surface area contributed by atoms with Gasteiger partial charge in [-0.15, -0.1) is 0 Å². The molecule has 27 heavy (non-hydrogen) atoms. The van der Waals surface area contributed by atoms with E-state index < -0.39 is 6.55 Å². The fourth-order valence-corrected chi connectivity index (χ4v) is 3.10. The number of nitrogens with zero attached hydrogens (tertiary/aromatic N) is 4. The Bertz CT molecular complexity index is 831. The topological polar surface area (TPSA) is 54.7 Å². The number of methoxy groups -OCH3 is 1. The van der Waals surface area contributed by atoms with E-state index in [0.29, 0.717) is 12.5 Å². The van der Waals surface area contributed by atoms with Crippen molar-refractivity contribution >= 4 is 11.5 Å². The zero-order valence-corrected chi connectivity index (χ0v) is 15.4. The highest BCUT2D eigenvalue weighted by molar-refractivity contribution is 5.81. The Kier molecular flexibility index (Phi) is 6.05. The number of aromatic nitrogens is 2. The van der Waals surface area contributed by atoms with Crippen LogP contribution in [0.5, 0.6) is 5.75 Å². The van der Waals surface area contributed by atoms with E-state index in [-0.39, 0.29) is 12.4 Å². The summed E-state index contributed by atoms with van der Waals surface area (Å²) in [6, 6.07) is 8.00. The summed E-state index contributed by atoms with van der Waals surface area (Å²) in [4.78, 5) is 10.3. The zero-order chi connectivity index (χ0) is 19.2. The molecule has 8 heteroatoms. The Hall–Kier alpha value is -2.90. The number of imidazole rings is 1. The molecule has 2 heterocycles. The summed E-state index contributed by atoms with van der Waals surface area (Å²) in [6.45, 7) is -0.941. The Balaban J connectivity index is 1.63. The quantitative estimate of drug-likeness (QED) is 0.644. The standard InChI is InChI=1S/C19H23F2N5O/c1-22-19(24-13-17-23-8-11-26(17)18(20)21)25-9-6-14(7-10-25)15-4-3-5-16(12-15)27-2/h3-6,8,11-12,18H,7,9-10,13H2,1-2H3,(H,22,24). The first-order valence-electron chi connectivity index (χ1n) is 8.71. The predicted molar refractivity (Wildman–Crippen MR) is 101 cm³/mol. The van der Waals surface area contributed by atoms with Crippen LogP contribution in [0.25, 0.3) is 5.57 Å². The van der Waals surface area contributed by atoms with Crippen molar-refractivity contribution < 1.29 is 13.5 Å². The number of hydrogen-bond donors (Lipinski definition) is 1. The minimum Gasteiger partial charge on any atom is -0.497 e. The van der Waals surface area contributed by atoms with Gasteiger partial charge in [0.25, 0.3) is 0 Å². The Labute approximate surface area is 157 Å². The third kappa shape index (κ3) is 4.45. The molecule has 3 rings (SSSR count). The van der Waals surface area contributed by atoms with Crippen LogP contribution in [0.4, 0.5) is 8.78 Å². The maximum Gasteiger partial charge on any atom is 0.319 e. The highest BCUT2D eigenvalue weighted by Crippen LogP contribution is 2.25. The molecule has 1 aliphatic rings. The van der Waals surface area contributed by atoms with Crippen LogP contribution in [-0.4, -0.2) is 47.7 Å². The monoisotopic (exact) mass is 375 g/mol. The number of hydrogen-bond acceptors (Lipinski definition) is 3. The zero-order valence-electron chi connectivity index (χ0n) is 15.4. The van der Waals surface area contributed by atoms with E-state index in [1.807, 2.05) is 18.2 Å². The first-order valence-corrected chi connectivity index (χ1v) is 8.71. The number of ether oxygens (including phenoxy) is 1. The van der Waals surface area contributed by atoms with Crippen LogP contribution in [0, 0.1) is 0 Å². The van der Waals surface area contributed by atoms with E-state index in [0.717, 1.165) is 28.8 Å². The van der Waals surface area contributed by atoms with Crippen LogP contribution in [0.15, 0.2) is 47.7 Å². The van der Waals surface area contributed by atoms with E-state index in [2.05, 4.69) is 32.3 Å². The number of rotatable bonds is 5. The lowest BCUT2D eigenvalue weighted by Gasteiger charge is -2.29. The number of aliphatic imine (C=N–C) groups is 1. The van der Waals surface area contributed by atoms with E-state index in [1.54, 1.807) is 14.2 Å². The van der Waals surface area contributed by atoms with Gasteiger partial charge in [-0.1, -0.05) is 18.2 Å². The summed E-state index contributed by atoms with van der Waals surface area (Å²) in [5, 5.41) is 3.12. The maximum absolute atomic E-state index is 12.9. The van der Waals surface area contributed by atoms with E-state index in [4.69, 9.17) is 4.74 Å². The SMILES string of the molecule is CN=C(NCc1nccn1C(F)F)N1CC=C(c2cccc(OC)c2)CC1. The first kappa shape index (κ1) is 18.9. The van der Waals surface area contributed by atoms with Gasteiger partial charge in [-0.2, -0.15) is 8.78 Å². The smallest absolute Gasteiger partial charge is 0.319 e. The summed E-state index contributed by atoms with van der Waals surface area (Å²) < 4.78 is 32.0. The van der Waals surface area contributed by atoms with Gasteiger partial charge < -0.3 is 15.0 Å². The molecule has 0 saturated carbocycles. The molecule has 1 aliphatic heterocycles. The van der Waals surface area contributed by atoms with Crippen LogP contribution in [0.3, 0.4) is 0 Å². The van der Waals surface area contributed by atoms with Gasteiger partial charge in [0, 0.05) is 32.5 Å². The largest absolute Gasteiger partial charge is 0.497 e. The number of benzene rings is 1. The maximum atomic E-state index is 12.9. The van der Waals surface area contributed by atoms with E-state index >= 15 is 0 Å². The second kappa shape index (κ2) is 8.66. The molecule has 1 aromatic carbocycles. The van der Waals surface area contributed by atoms with Crippen molar-refractivity contribution in [2.75, 3.05) is 27.2 Å². The molecule has 144 valence electrons. The molecule has 0 amide bonds. The molecular weight excluding hydrogens is 352 g/mol. The average Bonchev–Trinajstić information content (AvgIpc) is 3.18. The summed E-state index contributed by atoms with van der Waals surface area (Å²) >= 11 is 0.